The summed E-state index contributed by atoms with van der Waals surface area (Å²) in [5, 5.41) is 0.997. The minimum Gasteiger partial charge on any atom is -0.353 e. The molecule has 1 aromatic carbocycles. The van der Waals surface area contributed by atoms with Gasteiger partial charge in [0, 0.05) is 61.9 Å². The Morgan fingerprint density at radius 1 is 0.935 bits per heavy atom. The molecule has 9 heteroatoms. The zero-order valence-corrected chi connectivity index (χ0v) is 16.8. The van der Waals surface area contributed by atoms with Gasteiger partial charge in [-0.25, -0.2) is 15.0 Å². The quantitative estimate of drug-likeness (QED) is 0.491. The number of hydrogen-bond donors (Lipinski definition) is 0. The number of rotatable bonds is 5. The van der Waals surface area contributed by atoms with E-state index in [4.69, 9.17) is 9.97 Å². The molecule has 158 valence electrons. The van der Waals surface area contributed by atoms with Gasteiger partial charge in [0.15, 0.2) is 5.82 Å². The molecule has 1 fully saturated rings. The highest BCUT2D eigenvalue weighted by molar-refractivity contribution is 5.91. The Hall–Kier alpha value is -3.46. The standard InChI is InChI=1S/C22H21F2N7/c23-22(24)31-9-8-26-19(31)15-29-10-12-30(13-11-29)21-17-5-1-2-6-18(17)27-20(28-21)16-4-3-7-25-14-16/h1-9,14,22H,10-13,15H2. The van der Waals surface area contributed by atoms with Crippen LogP contribution in [0.25, 0.3) is 22.3 Å². The predicted molar refractivity (Wildman–Crippen MR) is 114 cm³/mol. The van der Waals surface area contributed by atoms with Crippen molar-refractivity contribution in [2.75, 3.05) is 31.1 Å². The highest BCUT2D eigenvalue weighted by atomic mass is 19.3. The molecule has 7 nitrogen and oxygen atoms in total. The number of nitrogens with zero attached hydrogens (tertiary/aromatic N) is 7. The largest absolute Gasteiger partial charge is 0.353 e. The minimum atomic E-state index is -2.57. The lowest BCUT2D eigenvalue weighted by Crippen LogP contribution is -2.46. The topological polar surface area (TPSA) is 63.0 Å². The number of piperazine rings is 1. The Kier molecular flexibility index (Phi) is 5.25. The third kappa shape index (κ3) is 3.96. The first-order valence-corrected chi connectivity index (χ1v) is 10.1. The van der Waals surface area contributed by atoms with Gasteiger partial charge in [0.1, 0.15) is 11.6 Å². The fourth-order valence-electron chi connectivity index (χ4n) is 3.89. The Balaban J connectivity index is 1.38. The van der Waals surface area contributed by atoms with Crippen LogP contribution >= 0.6 is 0 Å². The van der Waals surface area contributed by atoms with Gasteiger partial charge in [-0.2, -0.15) is 8.78 Å². The zero-order valence-electron chi connectivity index (χ0n) is 16.8. The van der Waals surface area contributed by atoms with Crippen molar-refractivity contribution in [2.24, 2.45) is 0 Å². The summed E-state index contributed by atoms with van der Waals surface area (Å²) in [5.41, 5.74) is 1.75. The van der Waals surface area contributed by atoms with Crippen LogP contribution in [-0.2, 0) is 6.54 Å². The average Bonchev–Trinajstić information content (AvgIpc) is 3.28. The molecule has 0 bridgehead atoms. The van der Waals surface area contributed by atoms with E-state index in [1.807, 2.05) is 36.4 Å². The molecule has 0 N–H and O–H groups in total. The van der Waals surface area contributed by atoms with Gasteiger partial charge in [-0.15, -0.1) is 0 Å². The Morgan fingerprint density at radius 2 is 1.77 bits per heavy atom. The van der Waals surface area contributed by atoms with Crippen LogP contribution in [0.15, 0.2) is 61.2 Å². The van der Waals surface area contributed by atoms with Gasteiger partial charge in [0.05, 0.1) is 12.1 Å². The lowest BCUT2D eigenvalue weighted by molar-refractivity contribution is 0.0637. The smallest absolute Gasteiger partial charge is 0.319 e. The van der Waals surface area contributed by atoms with Crippen molar-refractivity contribution < 1.29 is 8.78 Å². The third-order valence-electron chi connectivity index (χ3n) is 5.50. The van der Waals surface area contributed by atoms with Crippen molar-refractivity contribution in [3.8, 4) is 11.4 Å². The second-order valence-corrected chi connectivity index (χ2v) is 7.42. The van der Waals surface area contributed by atoms with E-state index in [-0.39, 0.29) is 0 Å². The van der Waals surface area contributed by atoms with E-state index in [1.165, 1.54) is 12.4 Å². The monoisotopic (exact) mass is 421 g/mol. The molecule has 0 spiro atoms. The van der Waals surface area contributed by atoms with Crippen LogP contribution in [0.4, 0.5) is 14.6 Å². The van der Waals surface area contributed by atoms with E-state index in [0.717, 1.165) is 53.0 Å². The number of imidazole rings is 1. The van der Waals surface area contributed by atoms with Crippen molar-refractivity contribution in [3.63, 3.8) is 0 Å². The molecule has 5 rings (SSSR count). The van der Waals surface area contributed by atoms with Crippen LogP contribution in [0, 0.1) is 0 Å². The van der Waals surface area contributed by atoms with Gasteiger partial charge in [0.25, 0.3) is 0 Å². The van der Waals surface area contributed by atoms with Gasteiger partial charge in [-0.05, 0) is 24.3 Å². The molecule has 0 radical (unpaired) electrons. The molecule has 4 heterocycles. The van der Waals surface area contributed by atoms with E-state index in [9.17, 15) is 8.78 Å². The minimum absolute atomic E-state index is 0.384. The first kappa shape index (κ1) is 19.5. The third-order valence-corrected chi connectivity index (χ3v) is 5.50. The van der Waals surface area contributed by atoms with E-state index in [2.05, 4.69) is 19.8 Å². The summed E-state index contributed by atoms with van der Waals surface area (Å²) < 4.78 is 27.1. The highest BCUT2D eigenvalue weighted by Gasteiger charge is 2.23. The average molecular weight is 421 g/mol. The second-order valence-electron chi connectivity index (χ2n) is 7.42. The molecule has 0 atom stereocenters. The number of pyridine rings is 1. The number of aromatic nitrogens is 5. The summed E-state index contributed by atoms with van der Waals surface area (Å²) in [6.07, 6.45) is 6.23. The lowest BCUT2D eigenvalue weighted by Gasteiger charge is -2.35. The summed E-state index contributed by atoms with van der Waals surface area (Å²) in [6.45, 7) is 0.771. The summed E-state index contributed by atoms with van der Waals surface area (Å²) in [7, 11) is 0. The van der Waals surface area contributed by atoms with Crippen molar-refractivity contribution in [1.29, 1.82) is 0 Å². The van der Waals surface area contributed by atoms with Crippen LogP contribution < -0.4 is 4.90 Å². The number of fused-ring (bicyclic) bond motifs is 1. The maximum absolute atomic E-state index is 13.1. The first-order chi connectivity index (χ1) is 15.2. The summed E-state index contributed by atoms with van der Waals surface area (Å²) in [4.78, 5) is 22.3. The molecule has 0 saturated carbocycles. The molecule has 3 aromatic heterocycles. The number of anilines is 1. The number of benzene rings is 1. The van der Waals surface area contributed by atoms with Crippen LogP contribution in [0.2, 0.25) is 0 Å². The van der Waals surface area contributed by atoms with Gasteiger partial charge >= 0.3 is 6.55 Å². The van der Waals surface area contributed by atoms with Crippen LogP contribution in [0.5, 0.6) is 0 Å². The van der Waals surface area contributed by atoms with Gasteiger partial charge in [-0.1, -0.05) is 12.1 Å². The zero-order chi connectivity index (χ0) is 21.2. The van der Waals surface area contributed by atoms with Crippen LogP contribution in [0.1, 0.15) is 12.4 Å². The van der Waals surface area contributed by atoms with Crippen molar-refractivity contribution in [2.45, 2.75) is 13.1 Å². The number of hydrogen-bond acceptors (Lipinski definition) is 6. The number of halogens is 2. The van der Waals surface area contributed by atoms with Crippen LogP contribution in [0.3, 0.4) is 0 Å². The van der Waals surface area contributed by atoms with E-state index in [0.29, 0.717) is 18.2 Å². The predicted octanol–water partition coefficient (Wildman–Crippen LogP) is 3.61. The van der Waals surface area contributed by atoms with E-state index in [1.54, 1.807) is 12.4 Å². The summed E-state index contributed by atoms with van der Waals surface area (Å²) in [6, 6.07) is 11.8. The van der Waals surface area contributed by atoms with Gasteiger partial charge in [0.2, 0.25) is 0 Å². The van der Waals surface area contributed by atoms with E-state index >= 15 is 0 Å². The maximum atomic E-state index is 13.1. The van der Waals surface area contributed by atoms with Crippen molar-refractivity contribution in [1.82, 2.24) is 29.4 Å². The molecule has 1 saturated heterocycles. The highest BCUT2D eigenvalue weighted by Crippen LogP contribution is 2.28. The van der Waals surface area contributed by atoms with Crippen LogP contribution in [-0.4, -0.2) is 55.6 Å². The first-order valence-electron chi connectivity index (χ1n) is 10.1. The Morgan fingerprint density at radius 3 is 2.55 bits per heavy atom. The fraction of sp³-hybridized carbons (Fsp3) is 0.273. The fourth-order valence-corrected chi connectivity index (χ4v) is 3.89. The van der Waals surface area contributed by atoms with Crippen molar-refractivity contribution in [3.05, 3.63) is 67.0 Å². The SMILES string of the molecule is FC(F)n1ccnc1CN1CCN(c2nc(-c3cccnc3)nc3ccccc23)CC1. The molecule has 1 aliphatic rings. The van der Waals surface area contributed by atoms with E-state index < -0.39 is 6.55 Å². The molecule has 1 aliphatic heterocycles. The molecule has 0 unspecified atom stereocenters. The second kappa shape index (κ2) is 8.35. The molecular weight excluding hydrogens is 400 g/mol. The molecule has 0 aliphatic carbocycles. The molecular formula is C22H21F2N7. The number of para-hydroxylation sites is 1. The lowest BCUT2D eigenvalue weighted by atomic mass is 10.2. The molecule has 31 heavy (non-hydrogen) atoms. The summed E-state index contributed by atoms with van der Waals surface area (Å²) in [5.74, 6) is 1.91. The molecule has 4 aromatic rings. The number of alkyl halides is 2. The molecule has 0 amide bonds. The normalized spacial score (nSPS) is 15.1. The van der Waals surface area contributed by atoms with Gasteiger partial charge in [-0.3, -0.25) is 14.5 Å². The Labute approximate surface area is 178 Å². The summed E-state index contributed by atoms with van der Waals surface area (Å²) >= 11 is 0. The van der Waals surface area contributed by atoms with Gasteiger partial charge < -0.3 is 4.90 Å². The maximum Gasteiger partial charge on any atom is 0.319 e. The Bertz CT molecular complexity index is 1170. The van der Waals surface area contributed by atoms with Crippen molar-refractivity contribution >= 4 is 16.7 Å².